The Hall–Kier alpha value is -1.10. The normalized spacial score (nSPS) is 12.7. The number of nitrogens with zero attached hydrogens (tertiary/aromatic N) is 1. The molecule has 0 heterocycles. The van der Waals surface area contributed by atoms with Gasteiger partial charge in [0.1, 0.15) is 5.75 Å². The first-order valence-corrected chi connectivity index (χ1v) is 6.35. The molecule has 0 saturated heterocycles. The number of hydrogen-bond donors (Lipinski definition) is 1. The second kappa shape index (κ2) is 8.08. The van der Waals surface area contributed by atoms with Crippen LogP contribution in [0.15, 0.2) is 24.3 Å². The average molecular weight is 252 g/mol. The maximum atomic E-state index is 5.88. The van der Waals surface area contributed by atoms with Gasteiger partial charge in [-0.1, -0.05) is 12.1 Å². The first kappa shape index (κ1) is 15.0. The third kappa shape index (κ3) is 4.29. The van der Waals surface area contributed by atoms with E-state index in [9.17, 15) is 0 Å². The van der Waals surface area contributed by atoms with Crippen LogP contribution in [0.1, 0.15) is 18.5 Å². The van der Waals surface area contributed by atoms with Gasteiger partial charge in [0.25, 0.3) is 0 Å². The van der Waals surface area contributed by atoms with Gasteiger partial charge in [-0.15, -0.1) is 0 Å². The highest BCUT2D eigenvalue weighted by atomic mass is 16.5. The number of benzene rings is 1. The van der Waals surface area contributed by atoms with E-state index in [-0.39, 0.29) is 6.04 Å². The second-order valence-electron chi connectivity index (χ2n) is 4.23. The minimum atomic E-state index is 0.195. The van der Waals surface area contributed by atoms with Crippen LogP contribution in [0.25, 0.3) is 0 Å². The molecular formula is C14H24N2O2. The van der Waals surface area contributed by atoms with Gasteiger partial charge in [-0.3, -0.25) is 4.90 Å². The Morgan fingerprint density at radius 3 is 2.78 bits per heavy atom. The predicted molar refractivity (Wildman–Crippen MR) is 73.9 cm³/mol. The monoisotopic (exact) mass is 252 g/mol. The van der Waals surface area contributed by atoms with Crippen molar-refractivity contribution in [3.05, 3.63) is 29.8 Å². The topological polar surface area (TPSA) is 47.7 Å². The summed E-state index contributed by atoms with van der Waals surface area (Å²) in [5, 5.41) is 0. The van der Waals surface area contributed by atoms with Crippen molar-refractivity contribution in [2.75, 3.05) is 40.5 Å². The fourth-order valence-corrected chi connectivity index (χ4v) is 1.94. The lowest BCUT2D eigenvalue weighted by Gasteiger charge is -2.27. The van der Waals surface area contributed by atoms with Crippen LogP contribution in [-0.4, -0.2) is 45.4 Å². The van der Waals surface area contributed by atoms with Crippen molar-refractivity contribution in [3.63, 3.8) is 0 Å². The van der Waals surface area contributed by atoms with Gasteiger partial charge in [0.15, 0.2) is 0 Å². The fourth-order valence-electron chi connectivity index (χ4n) is 1.94. The van der Waals surface area contributed by atoms with Gasteiger partial charge in [-0.05, 0) is 31.7 Å². The summed E-state index contributed by atoms with van der Waals surface area (Å²) in [6.07, 6.45) is 0. The van der Waals surface area contributed by atoms with Crippen molar-refractivity contribution in [1.82, 2.24) is 4.90 Å². The molecule has 1 aromatic carbocycles. The molecule has 0 bridgehead atoms. The standard InChI is InChI=1S/C14H24N2O2/c1-4-18-13-7-5-6-12(10-13)14(11-15)16(2)8-9-17-3/h5-7,10,14H,4,8-9,11,15H2,1-3H3. The largest absolute Gasteiger partial charge is 0.494 e. The minimum Gasteiger partial charge on any atom is -0.494 e. The SMILES string of the molecule is CCOc1cccc(C(CN)N(C)CCOC)c1. The molecule has 18 heavy (non-hydrogen) atoms. The first-order chi connectivity index (χ1) is 8.72. The van der Waals surface area contributed by atoms with Gasteiger partial charge in [0, 0.05) is 26.2 Å². The Labute approximate surface area is 110 Å². The summed E-state index contributed by atoms with van der Waals surface area (Å²) in [4.78, 5) is 2.20. The number of hydrogen-bond acceptors (Lipinski definition) is 4. The van der Waals surface area contributed by atoms with Gasteiger partial charge in [0.2, 0.25) is 0 Å². The Kier molecular flexibility index (Phi) is 6.72. The molecule has 0 saturated carbocycles. The zero-order chi connectivity index (χ0) is 13.4. The van der Waals surface area contributed by atoms with Crippen LogP contribution in [0, 0.1) is 0 Å². The molecule has 1 atom stereocenters. The van der Waals surface area contributed by atoms with Gasteiger partial charge in [-0.25, -0.2) is 0 Å². The summed E-state index contributed by atoms with van der Waals surface area (Å²) in [7, 11) is 3.77. The molecule has 0 fully saturated rings. The molecule has 0 spiro atoms. The van der Waals surface area contributed by atoms with E-state index in [2.05, 4.69) is 24.1 Å². The molecular weight excluding hydrogens is 228 g/mol. The number of ether oxygens (including phenoxy) is 2. The van der Waals surface area contributed by atoms with E-state index in [1.165, 1.54) is 5.56 Å². The molecule has 4 nitrogen and oxygen atoms in total. The summed E-state index contributed by atoms with van der Waals surface area (Å²) in [6.45, 7) is 4.80. The van der Waals surface area contributed by atoms with Crippen LogP contribution in [0.5, 0.6) is 5.75 Å². The Balaban J connectivity index is 2.77. The van der Waals surface area contributed by atoms with Crippen molar-refractivity contribution in [1.29, 1.82) is 0 Å². The van der Waals surface area contributed by atoms with Crippen molar-refractivity contribution < 1.29 is 9.47 Å². The maximum Gasteiger partial charge on any atom is 0.119 e. The zero-order valence-corrected chi connectivity index (χ0v) is 11.6. The second-order valence-corrected chi connectivity index (χ2v) is 4.23. The maximum absolute atomic E-state index is 5.88. The van der Waals surface area contributed by atoms with Crippen LogP contribution in [0.2, 0.25) is 0 Å². The molecule has 0 aliphatic carbocycles. The van der Waals surface area contributed by atoms with E-state index < -0.39 is 0 Å². The Morgan fingerprint density at radius 2 is 2.17 bits per heavy atom. The summed E-state index contributed by atoms with van der Waals surface area (Å²) in [6, 6.07) is 8.32. The van der Waals surface area contributed by atoms with Crippen LogP contribution in [0.4, 0.5) is 0 Å². The third-order valence-electron chi connectivity index (χ3n) is 2.96. The number of nitrogens with two attached hydrogens (primary N) is 1. The number of methoxy groups -OCH3 is 1. The van der Waals surface area contributed by atoms with Gasteiger partial charge >= 0.3 is 0 Å². The zero-order valence-electron chi connectivity index (χ0n) is 11.6. The number of rotatable bonds is 8. The molecule has 102 valence electrons. The Bertz CT molecular complexity index is 344. The van der Waals surface area contributed by atoms with Crippen molar-refractivity contribution in [2.24, 2.45) is 5.73 Å². The average Bonchev–Trinajstić information content (AvgIpc) is 2.38. The van der Waals surface area contributed by atoms with Crippen molar-refractivity contribution in [3.8, 4) is 5.75 Å². The van der Waals surface area contributed by atoms with E-state index in [0.29, 0.717) is 19.8 Å². The molecule has 1 rings (SSSR count). The predicted octanol–water partition coefficient (Wildman–Crippen LogP) is 1.66. The smallest absolute Gasteiger partial charge is 0.119 e. The molecule has 0 amide bonds. The van der Waals surface area contributed by atoms with Crippen LogP contribution in [0.3, 0.4) is 0 Å². The molecule has 0 aromatic heterocycles. The molecule has 2 N–H and O–H groups in total. The Morgan fingerprint density at radius 1 is 1.39 bits per heavy atom. The summed E-state index contributed by atoms with van der Waals surface area (Å²) < 4.78 is 10.6. The highest BCUT2D eigenvalue weighted by Gasteiger charge is 2.15. The highest BCUT2D eigenvalue weighted by molar-refractivity contribution is 5.30. The minimum absolute atomic E-state index is 0.195. The molecule has 4 heteroatoms. The molecule has 0 radical (unpaired) electrons. The van der Waals surface area contributed by atoms with Crippen LogP contribution in [-0.2, 0) is 4.74 Å². The molecule has 0 aliphatic rings. The van der Waals surface area contributed by atoms with Gasteiger partial charge in [0.05, 0.1) is 13.2 Å². The van der Waals surface area contributed by atoms with Crippen molar-refractivity contribution >= 4 is 0 Å². The van der Waals surface area contributed by atoms with Gasteiger partial charge in [-0.2, -0.15) is 0 Å². The van der Waals surface area contributed by atoms with E-state index in [0.717, 1.165) is 12.3 Å². The number of likely N-dealkylation sites (N-methyl/N-ethyl adjacent to an activating group) is 1. The van der Waals surface area contributed by atoms with Crippen LogP contribution >= 0.6 is 0 Å². The highest BCUT2D eigenvalue weighted by Crippen LogP contribution is 2.22. The molecule has 1 unspecified atom stereocenters. The summed E-state index contributed by atoms with van der Waals surface area (Å²) in [5.41, 5.74) is 7.06. The van der Waals surface area contributed by atoms with E-state index in [4.69, 9.17) is 15.2 Å². The van der Waals surface area contributed by atoms with Crippen LogP contribution < -0.4 is 10.5 Å². The molecule has 0 aliphatic heterocycles. The van der Waals surface area contributed by atoms with E-state index in [1.54, 1.807) is 7.11 Å². The fraction of sp³-hybridized carbons (Fsp3) is 0.571. The summed E-state index contributed by atoms with van der Waals surface area (Å²) in [5.74, 6) is 0.897. The first-order valence-electron chi connectivity index (χ1n) is 6.35. The van der Waals surface area contributed by atoms with Gasteiger partial charge < -0.3 is 15.2 Å². The van der Waals surface area contributed by atoms with Crippen molar-refractivity contribution in [2.45, 2.75) is 13.0 Å². The van der Waals surface area contributed by atoms with E-state index in [1.807, 2.05) is 19.1 Å². The lowest BCUT2D eigenvalue weighted by atomic mass is 10.1. The van der Waals surface area contributed by atoms with E-state index >= 15 is 0 Å². The molecule has 1 aromatic rings. The third-order valence-corrected chi connectivity index (χ3v) is 2.96. The quantitative estimate of drug-likeness (QED) is 0.764. The lowest BCUT2D eigenvalue weighted by molar-refractivity contribution is 0.140. The lowest BCUT2D eigenvalue weighted by Crippen LogP contribution is -2.32. The summed E-state index contributed by atoms with van der Waals surface area (Å²) >= 11 is 0.